The third kappa shape index (κ3) is 6.10. The lowest BCUT2D eigenvalue weighted by molar-refractivity contribution is -0.112. The lowest BCUT2D eigenvalue weighted by Gasteiger charge is -2.14. The number of nitrogens with one attached hydrogen (secondary N) is 1. The molecule has 3 rings (SSSR count). The number of benzene rings is 3. The summed E-state index contributed by atoms with van der Waals surface area (Å²) in [5.74, 6) is -0.126. The van der Waals surface area contributed by atoms with Crippen LogP contribution in [0.25, 0.3) is 6.08 Å². The molecule has 0 bridgehead atoms. The molecule has 0 fully saturated rings. The zero-order chi connectivity index (χ0) is 23.1. The molecule has 32 heavy (non-hydrogen) atoms. The van der Waals surface area contributed by atoms with Crippen LogP contribution in [-0.2, 0) is 11.4 Å². The Morgan fingerprint density at radius 2 is 2.00 bits per heavy atom. The first-order valence-corrected chi connectivity index (χ1v) is 10.5. The van der Waals surface area contributed by atoms with E-state index in [-0.39, 0.29) is 18.0 Å². The van der Waals surface area contributed by atoms with E-state index in [1.807, 2.05) is 6.07 Å². The van der Waals surface area contributed by atoms with Crippen molar-refractivity contribution in [1.29, 1.82) is 5.26 Å². The molecule has 0 unspecified atom stereocenters. The Labute approximate surface area is 198 Å². The van der Waals surface area contributed by atoms with Crippen LogP contribution in [0.3, 0.4) is 0 Å². The van der Waals surface area contributed by atoms with Gasteiger partial charge in [0.05, 0.1) is 11.6 Å². The Kier molecular flexibility index (Phi) is 7.87. The third-order valence-electron chi connectivity index (χ3n) is 4.28. The molecule has 8 heteroatoms. The summed E-state index contributed by atoms with van der Waals surface area (Å²) in [6.45, 7) is 0.132. The summed E-state index contributed by atoms with van der Waals surface area (Å²) >= 11 is 9.36. The summed E-state index contributed by atoms with van der Waals surface area (Å²) in [5, 5.41) is 12.6. The molecule has 0 spiro atoms. The van der Waals surface area contributed by atoms with Crippen LogP contribution in [0.2, 0.25) is 5.02 Å². The van der Waals surface area contributed by atoms with Gasteiger partial charge in [0.1, 0.15) is 24.1 Å². The van der Waals surface area contributed by atoms with E-state index in [1.54, 1.807) is 48.5 Å². The van der Waals surface area contributed by atoms with Crippen LogP contribution in [-0.4, -0.2) is 13.0 Å². The summed E-state index contributed by atoms with van der Waals surface area (Å²) in [6.07, 6.45) is 1.43. The molecular weight excluding hydrogens is 499 g/mol. The van der Waals surface area contributed by atoms with Crippen LogP contribution in [0, 0.1) is 17.1 Å². The quantitative estimate of drug-likeness (QED) is 0.293. The van der Waals surface area contributed by atoms with Gasteiger partial charge >= 0.3 is 0 Å². The highest BCUT2D eigenvalue weighted by Gasteiger charge is 2.14. The molecule has 162 valence electrons. The van der Waals surface area contributed by atoms with E-state index in [1.165, 1.54) is 25.3 Å². The van der Waals surface area contributed by atoms with Crippen molar-refractivity contribution >= 4 is 45.2 Å². The molecule has 0 saturated carbocycles. The molecule has 0 aliphatic heterocycles. The maximum Gasteiger partial charge on any atom is 0.266 e. The average Bonchev–Trinajstić information content (AvgIpc) is 2.76. The first-order chi connectivity index (χ1) is 15.4. The molecular formula is C24H17BrClFN2O3. The molecule has 3 aromatic carbocycles. The second-order valence-corrected chi connectivity index (χ2v) is 7.88. The van der Waals surface area contributed by atoms with E-state index < -0.39 is 5.91 Å². The fourth-order valence-corrected chi connectivity index (χ4v) is 3.59. The van der Waals surface area contributed by atoms with Gasteiger partial charge in [-0.25, -0.2) is 4.39 Å². The first kappa shape index (κ1) is 23.3. The molecule has 1 N–H and O–H groups in total. The van der Waals surface area contributed by atoms with Gasteiger partial charge < -0.3 is 14.8 Å². The van der Waals surface area contributed by atoms with E-state index in [4.69, 9.17) is 21.1 Å². The summed E-state index contributed by atoms with van der Waals surface area (Å²) in [4.78, 5) is 12.5. The van der Waals surface area contributed by atoms with Gasteiger partial charge in [-0.05, 0) is 75.6 Å². The molecule has 5 nitrogen and oxygen atoms in total. The molecule has 0 radical (unpaired) electrons. The van der Waals surface area contributed by atoms with E-state index >= 15 is 0 Å². The van der Waals surface area contributed by atoms with Crippen molar-refractivity contribution in [3.63, 3.8) is 0 Å². The smallest absolute Gasteiger partial charge is 0.266 e. The zero-order valence-corrected chi connectivity index (χ0v) is 19.2. The number of nitrogens with zero attached hydrogens (tertiary/aromatic N) is 1. The number of amides is 1. The van der Waals surface area contributed by atoms with Crippen molar-refractivity contribution in [3.8, 4) is 17.6 Å². The van der Waals surface area contributed by atoms with Crippen molar-refractivity contribution in [2.24, 2.45) is 0 Å². The van der Waals surface area contributed by atoms with Gasteiger partial charge in [0.15, 0.2) is 11.5 Å². The minimum atomic E-state index is -0.573. The number of nitriles is 1. The largest absolute Gasteiger partial charge is 0.493 e. The number of anilines is 1. The standard InChI is InChI=1S/C24H17BrClFN2O3/c1-31-22-11-16(8-17(13-28)24(30)29-20-7-3-5-18(26)12-20)10-21(25)23(22)32-14-15-4-2-6-19(27)9-15/h2-12H,14H2,1H3,(H,29,30)/b17-8+. The Balaban J connectivity index is 1.82. The average molecular weight is 516 g/mol. The van der Waals surface area contributed by atoms with Crippen molar-refractivity contribution in [2.75, 3.05) is 12.4 Å². The SMILES string of the molecule is COc1cc(/C=C(\C#N)C(=O)Nc2cccc(Cl)c2)cc(Br)c1OCc1cccc(F)c1. The lowest BCUT2D eigenvalue weighted by Crippen LogP contribution is -2.13. The minimum Gasteiger partial charge on any atom is -0.493 e. The number of hydrogen-bond acceptors (Lipinski definition) is 4. The fraction of sp³-hybridized carbons (Fsp3) is 0.0833. The molecule has 0 atom stereocenters. The molecule has 0 aliphatic carbocycles. The number of methoxy groups -OCH3 is 1. The second kappa shape index (κ2) is 10.8. The Hall–Kier alpha value is -3.34. The van der Waals surface area contributed by atoms with Gasteiger partial charge in [-0.3, -0.25) is 4.79 Å². The van der Waals surface area contributed by atoms with E-state index in [0.717, 1.165) is 0 Å². The van der Waals surface area contributed by atoms with Crippen LogP contribution in [0.15, 0.2) is 70.7 Å². The first-order valence-electron chi connectivity index (χ1n) is 9.33. The van der Waals surface area contributed by atoms with Crippen molar-refractivity contribution in [3.05, 3.63) is 92.7 Å². The van der Waals surface area contributed by atoms with Crippen LogP contribution >= 0.6 is 27.5 Å². The highest BCUT2D eigenvalue weighted by molar-refractivity contribution is 9.10. The maximum atomic E-state index is 13.4. The van der Waals surface area contributed by atoms with Crippen LogP contribution in [0.4, 0.5) is 10.1 Å². The maximum absolute atomic E-state index is 13.4. The van der Waals surface area contributed by atoms with Crippen LogP contribution in [0.1, 0.15) is 11.1 Å². The summed E-state index contributed by atoms with van der Waals surface area (Å²) in [6, 6.07) is 17.9. The Bertz CT molecular complexity index is 1220. The summed E-state index contributed by atoms with van der Waals surface area (Å²) in [7, 11) is 1.47. The lowest BCUT2D eigenvalue weighted by atomic mass is 10.1. The number of carbonyl (C=O) groups excluding carboxylic acids is 1. The monoisotopic (exact) mass is 514 g/mol. The summed E-state index contributed by atoms with van der Waals surface area (Å²) < 4.78 is 25.1. The molecule has 3 aromatic rings. The van der Waals surface area contributed by atoms with E-state index in [0.29, 0.717) is 37.8 Å². The number of hydrogen-bond donors (Lipinski definition) is 1. The number of rotatable bonds is 7. The highest BCUT2D eigenvalue weighted by atomic mass is 79.9. The highest BCUT2D eigenvalue weighted by Crippen LogP contribution is 2.38. The number of carbonyl (C=O) groups is 1. The molecule has 0 saturated heterocycles. The van der Waals surface area contributed by atoms with Gasteiger partial charge in [0.2, 0.25) is 0 Å². The van der Waals surface area contributed by atoms with Crippen molar-refractivity contribution in [1.82, 2.24) is 0 Å². The Morgan fingerprint density at radius 3 is 2.69 bits per heavy atom. The minimum absolute atomic E-state index is 0.104. The predicted molar refractivity (Wildman–Crippen MR) is 125 cm³/mol. The van der Waals surface area contributed by atoms with Gasteiger partial charge in [0.25, 0.3) is 5.91 Å². The van der Waals surface area contributed by atoms with Crippen molar-refractivity contribution < 1.29 is 18.7 Å². The zero-order valence-electron chi connectivity index (χ0n) is 16.9. The molecule has 0 aromatic heterocycles. The Morgan fingerprint density at radius 1 is 1.22 bits per heavy atom. The van der Waals surface area contributed by atoms with E-state index in [2.05, 4.69) is 21.2 Å². The van der Waals surface area contributed by atoms with Crippen LogP contribution in [0.5, 0.6) is 11.5 Å². The second-order valence-electron chi connectivity index (χ2n) is 6.59. The summed E-state index contributed by atoms with van der Waals surface area (Å²) in [5.41, 5.74) is 1.58. The number of ether oxygens (including phenoxy) is 2. The number of halogens is 3. The van der Waals surface area contributed by atoms with E-state index in [9.17, 15) is 14.4 Å². The van der Waals surface area contributed by atoms with Crippen molar-refractivity contribution in [2.45, 2.75) is 6.61 Å². The predicted octanol–water partition coefficient (Wildman–Crippen LogP) is 6.37. The van der Waals surface area contributed by atoms with Crippen LogP contribution < -0.4 is 14.8 Å². The molecule has 1 amide bonds. The normalized spacial score (nSPS) is 10.9. The fourth-order valence-electron chi connectivity index (χ4n) is 2.83. The van der Waals surface area contributed by atoms with Gasteiger partial charge in [-0.1, -0.05) is 29.8 Å². The van der Waals surface area contributed by atoms with Gasteiger partial charge in [0, 0.05) is 10.7 Å². The molecule has 0 aliphatic rings. The van der Waals surface area contributed by atoms with Gasteiger partial charge in [-0.15, -0.1) is 0 Å². The van der Waals surface area contributed by atoms with Gasteiger partial charge in [-0.2, -0.15) is 5.26 Å². The third-order valence-corrected chi connectivity index (χ3v) is 5.11. The molecule has 0 heterocycles. The topological polar surface area (TPSA) is 71.3 Å².